The van der Waals surface area contributed by atoms with Gasteiger partial charge in [0, 0.05) is 4.88 Å². The van der Waals surface area contributed by atoms with Crippen LogP contribution in [0.4, 0.5) is 0 Å². The van der Waals surface area contributed by atoms with Crippen LogP contribution in [0, 0.1) is 6.92 Å². The second-order valence-electron chi connectivity index (χ2n) is 7.83. The molecule has 3 aromatic rings. The van der Waals surface area contributed by atoms with Gasteiger partial charge >= 0.3 is 0 Å². The molecule has 4 nitrogen and oxygen atoms in total. The minimum absolute atomic E-state index is 0.128. The molecule has 1 aliphatic heterocycles. The normalized spacial score (nSPS) is 17.5. The van der Waals surface area contributed by atoms with Crippen molar-refractivity contribution in [1.82, 2.24) is 14.5 Å². The summed E-state index contributed by atoms with van der Waals surface area (Å²) in [5.74, 6) is 0.891. The molecule has 0 atom stereocenters. The van der Waals surface area contributed by atoms with Crippen LogP contribution in [0.1, 0.15) is 47.5 Å². The number of hydrogen-bond acceptors (Lipinski definition) is 4. The number of para-hydroxylation sites is 1. The Labute approximate surface area is 163 Å². The number of likely N-dealkylation sites (tertiary alicyclic amines) is 1. The molecule has 0 amide bonds. The average Bonchev–Trinajstić information content (AvgIpc) is 3.30. The Morgan fingerprint density at radius 1 is 1.07 bits per heavy atom. The van der Waals surface area contributed by atoms with E-state index in [9.17, 15) is 4.79 Å². The SMILES string of the molecule is Cc1ccccc1-n1c(CN2CCCC2)nc2sc3c(c2c1=O)CCCC3. The molecule has 2 aliphatic rings. The average molecular weight is 380 g/mol. The number of hydrogen-bond donors (Lipinski definition) is 0. The molecule has 0 bridgehead atoms. The molecule has 0 unspecified atom stereocenters. The van der Waals surface area contributed by atoms with Crippen molar-refractivity contribution in [2.45, 2.75) is 52.0 Å². The summed E-state index contributed by atoms with van der Waals surface area (Å²) in [6, 6.07) is 8.18. The maximum atomic E-state index is 13.7. The Bertz CT molecular complexity index is 1060. The molecule has 3 heterocycles. The first-order chi connectivity index (χ1) is 13.2. The molecule has 1 aliphatic carbocycles. The monoisotopic (exact) mass is 379 g/mol. The van der Waals surface area contributed by atoms with Crippen LogP contribution in [0.25, 0.3) is 15.9 Å². The van der Waals surface area contributed by atoms with Crippen LogP contribution in [-0.4, -0.2) is 27.5 Å². The van der Waals surface area contributed by atoms with Crippen LogP contribution in [-0.2, 0) is 19.4 Å². The number of benzene rings is 1. The van der Waals surface area contributed by atoms with Crippen molar-refractivity contribution in [3.05, 3.63) is 56.4 Å². The lowest BCUT2D eigenvalue weighted by Crippen LogP contribution is -2.29. The van der Waals surface area contributed by atoms with Crippen molar-refractivity contribution in [3.8, 4) is 5.69 Å². The zero-order chi connectivity index (χ0) is 18.4. The summed E-state index contributed by atoms with van der Waals surface area (Å²) >= 11 is 1.75. The molecular formula is C22H25N3OS. The molecule has 5 heteroatoms. The summed E-state index contributed by atoms with van der Waals surface area (Å²) in [6.07, 6.45) is 7.01. The van der Waals surface area contributed by atoms with Gasteiger partial charge in [-0.05, 0) is 75.7 Å². The minimum atomic E-state index is 0.128. The number of aromatic nitrogens is 2. The van der Waals surface area contributed by atoms with Crippen LogP contribution < -0.4 is 5.56 Å². The van der Waals surface area contributed by atoms with E-state index in [-0.39, 0.29) is 5.56 Å². The smallest absolute Gasteiger partial charge is 0.267 e. The summed E-state index contributed by atoms with van der Waals surface area (Å²) in [7, 11) is 0. The van der Waals surface area contributed by atoms with Gasteiger partial charge in [0.25, 0.3) is 5.56 Å². The molecular weight excluding hydrogens is 354 g/mol. The third kappa shape index (κ3) is 2.93. The van der Waals surface area contributed by atoms with Gasteiger partial charge in [-0.3, -0.25) is 14.3 Å². The molecule has 0 radical (unpaired) electrons. The Balaban J connectivity index is 1.76. The number of aryl methyl sites for hydroxylation is 3. The third-order valence-electron chi connectivity index (χ3n) is 5.98. The van der Waals surface area contributed by atoms with Crippen LogP contribution in [0.5, 0.6) is 0 Å². The number of nitrogens with zero attached hydrogens (tertiary/aromatic N) is 3. The second-order valence-corrected chi connectivity index (χ2v) is 8.91. The standard InChI is InChI=1S/C22H25N3OS/c1-15-8-2-4-10-17(15)25-19(14-24-12-6-7-13-24)23-21-20(22(25)26)16-9-3-5-11-18(16)27-21/h2,4,8,10H,3,5-7,9,11-14H2,1H3. The maximum absolute atomic E-state index is 13.7. The van der Waals surface area contributed by atoms with Gasteiger partial charge in [0.05, 0.1) is 17.6 Å². The van der Waals surface area contributed by atoms with Gasteiger partial charge in [0.1, 0.15) is 10.7 Å². The van der Waals surface area contributed by atoms with Crippen molar-refractivity contribution in [3.63, 3.8) is 0 Å². The van der Waals surface area contributed by atoms with Crippen molar-refractivity contribution in [2.24, 2.45) is 0 Å². The molecule has 5 rings (SSSR count). The van der Waals surface area contributed by atoms with E-state index < -0.39 is 0 Å². The molecule has 27 heavy (non-hydrogen) atoms. The Morgan fingerprint density at radius 3 is 2.67 bits per heavy atom. The van der Waals surface area contributed by atoms with E-state index in [1.165, 1.54) is 36.1 Å². The topological polar surface area (TPSA) is 38.1 Å². The molecule has 2 aromatic heterocycles. The van der Waals surface area contributed by atoms with E-state index in [2.05, 4.69) is 24.0 Å². The molecule has 1 aromatic carbocycles. The lowest BCUT2D eigenvalue weighted by molar-refractivity contribution is 0.319. The van der Waals surface area contributed by atoms with E-state index in [1.54, 1.807) is 11.3 Å². The van der Waals surface area contributed by atoms with Crippen LogP contribution in [0.3, 0.4) is 0 Å². The maximum Gasteiger partial charge on any atom is 0.267 e. The van der Waals surface area contributed by atoms with Gasteiger partial charge in [-0.2, -0.15) is 0 Å². The highest BCUT2D eigenvalue weighted by Gasteiger charge is 2.24. The predicted molar refractivity (Wildman–Crippen MR) is 111 cm³/mol. The quantitative estimate of drug-likeness (QED) is 0.683. The highest BCUT2D eigenvalue weighted by molar-refractivity contribution is 7.18. The summed E-state index contributed by atoms with van der Waals surface area (Å²) in [4.78, 5) is 23.5. The van der Waals surface area contributed by atoms with Crippen molar-refractivity contribution in [2.75, 3.05) is 13.1 Å². The number of fused-ring (bicyclic) bond motifs is 3. The van der Waals surface area contributed by atoms with Crippen LogP contribution in [0.15, 0.2) is 29.1 Å². The predicted octanol–water partition coefficient (Wildman–Crippen LogP) is 4.23. The molecule has 0 saturated carbocycles. The number of rotatable bonds is 3. The fraction of sp³-hybridized carbons (Fsp3) is 0.455. The van der Waals surface area contributed by atoms with E-state index >= 15 is 0 Å². The summed E-state index contributed by atoms with van der Waals surface area (Å²) in [5.41, 5.74) is 3.49. The first kappa shape index (κ1) is 17.1. The van der Waals surface area contributed by atoms with Crippen LogP contribution in [0.2, 0.25) is 0 Å². The molecule has 0 N–H and O–H groups in total. The largest absolute Gasteiger partial charge is 0.296 e. The summed E-state index contributed by atoms with van der Waals surface area (Å²) in [5, 5.41) is 0.878. The fourth-order valence-corrected chi connectivity index (χ4v) is 5.83. The van der Waals surface area contributed by atoms with Crippen molar-refractivity contribution in [1.29, 1.82) is 0 Å². The van der Waals surface area contributed by atoms with Gasteiger partial charge < -0.3 is 0 Å². The van der Waals surface area contributed by atoms with Crippen molar-refractivity contribution < 1.29 is 0 Å². The molecule has 0 spiro atoms. The zero-order valence-corrected chi connectivity index (χ0v) is 16.6. The zero-order valence-electron chi connectivity index (χ0n) is 15.8. The lowest BCUT2D eigenvalue weighted by atomic mass is 9.97. The highest BCUT2D eigenvalue weighted by atomic mass is 32.1. The third-order valence-corrected chi connectivity index (χ3v) is 7.16. The Morgan fingerprint density at radius 2 is 1.85 bits per heavy atom. The van der Waals surface area contributed by atoms with Gasteiger partial charge in [0.2, 0.25) is 0 Å². The molecule has 140 valence electrons. The van der Waals surface area contributed by atoms with Crippen LogP contribution >= 0.6 is 11.3 Å². The molecule has 1 saturated heterocycles. The second kappa shape index (κ2) is 6.88. The van der Waals surface area contributed by atoms with E-state index in [0.717, 1.165) is 59.8 Å². The minimum Gasteiger partial charge on any atom is -0.296 e. The van der Waals surface area contributed by atoms with Gasteiger partial charge in [-0.15, -0.1) is 11.3 Å². The highest BCUT2D eigenvalue weighted by Crippen LogP contribution is 2.34. The summed E-state index contributed by atoms with van der Waals surface area (Å²) < 4.78 is 1.90. The van der Waals surface area contributed by atoms with Crippen molar-refractivity contribution >= 4 is 21.6 Å². The lowest BCUT2D eigenvalue weighted by Gasteiger charge is -2.19. The van der Waals surface area contributed by atoms with E-state index in [0.29, 0.717) is 0 Å². The van der Waals surface area contributed by atoms with Gasteiger partial charge in [-0.1, -0.05) is 18.2 Å². The Hall–Kier alpha value is -1.98. The Kier molecular flexibility index (Phi) is 4.37. The summed E-state index contributed by atoms with van der Waals surface area (Å²) in [6.45, 7) is 5.03. The van der Waals surface area contributed by atoms with Gasteiger partial charge in [-0.25, -0.2) is 4.98 Å². The number of thiophene rings is 1. The van der Waals surface area contributed by atoms with Gasteiger partial charge in [0.15, 0.2) is 0 Å². The van der Waals surface area contributed by atoms with E-state index in [4.69, 9.17) is 4.98 Å². The first-order valence-corrected chi connectivity index (χ1v) is 10.9. The van der Waals surface area contributed by atoms with E-state index in [1.807, 2.05) is 16.7 Å². The first-order valence-electron chi connectivity index (χ1n) is 10.1. The molecule has 1 fully saturated rings. The fourth-order valence-electron chi connectivity index (χ4n) is 4.56.